The lowest BCUT2D eigenvalue weighted by atomic mass is 10.0. The molecule has 0 radical (unpaired) electrons. The van der Waals surface area contributed by atoms with E-state index in [0.717, 1.165) is 24.1 Å². The van der Waals surface area contributed by atoms with Crippen molar-refractivity contribution in [1.29, 1.82) is 0 Å². The normalized spacial score (nSPS) is 14.5. The zero-order valence-corrected chi connectivity index (χ0v) is 9.64. The van der Waals surface area contributed by atoms with Crippen molar-refractivity contribution in [3.05, 3.63) is 33.3 Å². The highest BCUT2D eigenvalue weighted by Gasteiger charge is 2.18. The Bertz CT molecular complexity index is 357. The number of fused-ring (bicyclic) bond motifs is 1. The molecule has 0 bridgehead atoms. The highest BCUT2D eigenvalue weighted by molar-refractivity contribution is 9.10. The number of rotatable bonds is 0. The molecule has 1 heterocycles. The Labute approximate surface area is 95.4 Å². The summed E-state index contributed by atoms with van der Waals surface area (Å²) in [6.45, 7) is 1.43. The van der Waals surface area contributed by atoms with Crippen LogP contribution in [-0.2, 0) is 13.0 Å². The van der Waals surface area contributed by atoms with E-state index in [9.17, 15) is 8.78 Å². The molecule has 1 nitrogen and oxygen atoms in total. The van der Waals surface area contributed by atoms with Crippen molar-refractivity contribution < 1.29 is 8.78 Å². The van der Waals surface area contributed by atoms with Gasteiger partial charge in [-0.15, -0.1) is 12.4 Å². The molecule has 0 saturated heterocycles. The van der Waals surface area contributed by atoms with E-state index in [0.29, 0.717) is 6.54 Å². The van der Waals surface area contributed by atoms with Gasteiger partial charge in [-0.1, -0.05) is 0 Å². The zero-order valence-electron chi connectivity index (χ0n) is 7.24. The van der Waals surface area contributed by atoms with Gasteiger partial charge in [0.1, 0.15) is 0 Å². The second-order valence-corrected chi connectivity index (χ2v) is 3.84. The Kier molecular flexibility index (Phi) is 3.86. The Morgan fingerprint density at radius 2 is 2.07 bits per heavy atom. The lowest BCUT2D eigenvalue weighted by molar-refractivity contribution is 0.495. The average molecular weight is 285 g/mol. The first-order valence-electron chi connectivity index (χ1n) is 4.06. The molecule has 1 aliphatic rings. The third-order valence-corrected chi connectivity index (χ3v) is 3.05. The van der Waals surface area contributed by atoms with Crippen molar-refractivity contribution in [3.63, 3.8) is 0 Å². The van der Waals surface area contributed by atoms with Gasteiger partial charge in [-0.25, -0.2) is 8.78 Å². The molecule has 0 atom stereocenters. The minimum Gasteiger partial charge on any atom is -0.312 e. The summed E-state index contributed by atoms with van der Waals surface area (Å²) >= 11 is 3.07. The highest BCUT2D eigenvalue weighted by Crippen LogP contribution is 2.28. The van der Waals surface area contributed by atoms with Crippen molar-refractivity contribution in [2.45, 2.75) is 13.0 Å². The maximum Gasteiger partial charge on any atom is 0.173 e. The summed E-state index contributed by atoms with van der Waals surface area (Å²) in [6.07, 6.45) is 0.743. The van der Waals surface area contributed by atoms with Gasteiger partial charge in [0.2, 0.25) is 0 Å². The minimum absolute atomic E-state index is 0. The fraction of sp³-hybridized carbons (Fsp3) is 0.333. The number of hydrogen-bond donors (Lipinski definition) is 1. The number of benzene rings is 1. The van der Waals surface area contributed by atoms with Gasteiger partial charge in [0, 0.05) is 6.54 Å². The van der Waals surface area contributed by atoms with Crippen LogP contribution in [0.1, 0.15) is 11.1 Å². The topological polar surface area (TPSA) is 12.0 Å². The first-order valence-corrected chi connectivity index (χ1v) is 4.85. The average Bonchev–Trinajstić information content (AvgIpc) is 2.15. The van der Waals surface area contributed by atoms with Gasteiger partial charge in [0.25, 0.3) is 0 Å². The molecule has 78 valence electrons. The van der Waals surface area contributed by atoms with Crippen molar-refractivity contribution in [1.82, 2.24) is 5.32 Å². The second-order valence-electron chi connectivity index (χ2n) is 3.05. The molecule has 5 heteroatoms. The van der Waals surface area contributed by atoms with Crippen molar-refractivity contribution >= 4 is 28.3 Å². The van der Waals surface area contributed by atoms with E-state index in [1.165, 1.54) is 6.07 Å². The van der Waals surface area contributed by atoms with E-state index in [-0.39, 0.29) is 16.9 Å². The van der Waals surface area contributed by atoms with Gasteiger partial charge in [-0.2, -0.15) is 0 Å². The van der Waals surface area contributed by atoms with Gasteiger partial charge in [0.15, 0.2) is 11.6 Å². The first-order chi connectivity index (χ1) is 6.20. The van der Waals surface area contributed by atoms with Gasteiger partial charge in [-0.05, 0) is 46.1 Å². The standard InChI is InChI=1S/C9H8BrF2N.ClH/c10-8-6-1-2-13-4-5(6)3-7(11)9(8)12;/h3,13H,1-2,4H2;1H. The second kappa shape index (κ2) is 4.55. The maximum atomic E-state index is 13.1. The molecule has 0 spiro atoms. The predicted octanol–water partition coefficient (Wildman–Crippen LogP) is 2.79. The summed E-state index contributed by atoms with van der Waals surface area (Å²) in [5.41, 5.74) is 1.73. The molecule has 14 heavy (non-hydrogen) atoms. The lowest BCUT2D eigenvalue weighted by Gasteiger charge is -2.18. The van der Waals surface area contributed by atoms with Gasteiger partial charge in [-0.3, -0.25) is 0 Å². The number of hydrogen-bond acceptors (Lipinski definition) is 1. The highest BCUT2D eigenvalue weighted by atomic mass is 79.9. The van der Waals surface area contributed by atoms with Crippen molar-refractivity contribution in [2.24, 2.45) is 0 Å². The summed E-state index contributed by atoms with van der Waals surface area (Å²) in [7, 11) is 0. The van der Waals surface area contributed by atoms with Crippen LogP contribution in [-0.4, -0.2) is 6.54 Å². The third kappa shape index (κ3) is 1.92. The van der Waals surface area contributed by atoms with Crippen LogP contribution in [0.4, 0.5) is 8.78 Å². The summed E-state index contributed by atoms with van der Waals surface area (Å²) in [5.74, 6) is -1.56. The van der Waals surface area contributed by atoms with Gasteiger partial charge in [0.05, 0.1) is 4.47 Å². The molecule has 1 aliphatic heterocycles. The lowest BCUT2D eigenvalue weighted by Crippen LogP contribution is -2.24. The molecule has 0 fully saturated rings. The van der Waals surface area contributed by atoms with Crippen LogP contribution >= 0.6 is 28.3 Å². The fourth-order valence-corrected chi connectivity index (χ4v) is 2.19. The van der Waals surface area contributed by atoms with E-state index in [1.807, 2.05) is 0 Å². The maximum absolute atomic E-state index is 13.1. The van der Waals surface area contributed by atoms with Crippen LogP contribution in [0, 0.1) is 11.6 Å². The smallest absolute Gasteiger partial charge is 0.173 e. The molecule has 0 aromatic heterocycles. The molecule has 1 aromatic carbocycles. The van der Waals surface area contributed by atoms with E-state index in [1.54, 1.807) is 0 Å². The minimum atomic E-state index is -0.783. The molecule has 1 N–H and O–H groups in total. The Morgan fingerprint density at radius 3 is 2.79 bits per heavy atom. The molecule has 2 rings (SSSR count). The molecule has 0 unspecified atom stereocenters. The molecule has 0 saturated carbocycles. The van der Waals surface area contributed by atoms with Crippen molar-refractivity contribution in [3.8, 4) is 0 Å². The van der Waals surface area contributed by atoms with Crippen LogP contribution in [0.2, 0.25) is 0 Å². The first kappa shape index (κ1) is 11.9. The molecule has 1 aromatic rings. The number of halogens is 4. The third-order valence-electron chi connectivity index (χ3n) is 2.22. The Balaban J connectivity index is 0.000000980. The summed E-state index contributed by atoms with van der Waals surface area (Å²) < 4.78 is 26.3. The summed E-state index contributed by atoms with van der Waals surface area (Å²) in [5, 5.41) is 3.10. The summed E-state index contributed by atoms with van der Waals surface area (Å²) in [4.78, 5) is 0. The molecule has 0 aliphatic carbocycles. The van der Waals surface area contributed by atoms with Gasteiger partial charge < -0.3 is 5.32 Å². The fourth-order valence-electron chi connectivity index (χ4n) is 1.55. The van der Waals surface area contributed by atoms with E-state index in [4.69, 9.17) is 0 Å². The summed E-state index contributed by atoms with van der Waals surface area (Å²) in [6, 6.07) is 1.27. The Hall–Kier alpha value is -0.190. The van der Waals surface area contributed by atoms with Crippen LogP contribution in [0.25, 0.3) is 0 Å². The molecular weight excluding hydrogens is 275 g/mol. The molecular formula is C9H9BrClF2N. The van der Waals surface area contributed by atoms with E-state index >= 15 is 0 Å². The van der Waals surface area contributed by atoms with E-state index in [2.05, 4.69) is 21.2 Å². The Morgan fingerprint density at radius 1 is 1.36 bits per heavy atom. The molecule has 0 amide bonds. The van der Waals surface area contributed by atoms with E-state index < -0.39 is 11.6 Å². The largest absolute Gasteiger partial charge is 0.312 e. The van der Waals surface area contributed by atoms with Crippen molar-refractivity contribution in [2.75, 3.05) is 6.54 Å². The van der Waals surface area contributed by atoms with Crippen LogP contribution in [0.5, 0.6) is 0 Å². The van der Waals surface area contributed by atoms with Crippen LogP contribution < -0.4 is 5.32 Å². The quantitative estimate of drug-likeness (QED) is 0.723. The van der Waals surface area contributed by atoms with Crippen LogP contribution in [0.15, 0.2) is 10.5 Å². The van der Waals surface area contributed by atoms with Crippen LogP contribution in [0.3, 0.4) is 0 Å². The predicted molar refractivity (Wildman–Crippen MR) is 56.7 cm³/mol. The monoisotopic (exact) mass is 283 g/mol. The SMILES string of the molecule is Cl.Fc1cc2c(c(Br)c1F)CCNC2. The van der Waals surface area contributed by atoms with Gasteiger partial charge >= 0.3 is 0 Å². The number of nitrogens with one attached hydrogen (secondary N) is 1. The zero-order chi connectivity index (χ0) is 9.42.